The Labute approximate surface area is 128 Å². The lowest BCUT2D eigenvalue weighted by Crippen LogP contribution is -2.50. The predicted molar refractivity (Wildman–Crippen MR) is 80.8 cm³/mol. The molecule has 1 atom stereocenters. The molecule has 2 rings (SSSR count). The third-order valence-corrected chi connectivity index (χ3v) is 4.39. The average molecular weight is 309 g/mol. The van der Waals surface area contributed by atoms with Gasteiger partial charge in [0.2, 0.25) is 0 Å². The van der Waals surface area contributed by atoms with Crippen LogP contribution in [0.1, 0.15) is 28.8 Å². The van der Waals surface area contributed by atoms with Gasteiger partial charge in [0.1, 0.15) is 0 Å². The number of nitrogens with one attached hydrogen (secondary N) is 1. The molecule has 6 heteroatoms. The maximum absolute atomic E-state index is 12.5. The number of thioether (sulfide) groups is 1. The highest BCUT2D eigenvalue weighted by atomic mass is 32.2. The van der Waals surface area contributed by atoms with Gasteiger partial charge in [-0.25, -0.2) is 0 Å². The number of benzene rings is 1. The van der Waals surface area contributed by atoms with Gasteiger partial charge in [-0.1, -0.05) is 6.07 Å². The van der Waals surface area contributed by atoms with Crippen molar-refractivity contribution in [1.82, 2.24) is 5.32 Å². The first-order valence-electron chi connectivity index (χ1n) is 6.72. The van der Waals surface area contributed by atoms with Gasteiger partial charge in [-0.15, -0.1) is 11.8 Å². The molecule has 0 spiro atoms. The van der Waals surface area contributed by atoms with Crippen molar-refractivity contribution in [1.29, 1.82) is 0 Å². The lowest BCUT2D eigenvalue weighted by Gasteiger charge is -2.27. The topological polar surface area (TPSA) is 75.6 Å². The maximum atomic E-state index is 12.5. The van der Waals surface area contributed by atoms with E-state index in [9.17, 15) is 9.59 Å². The summed E-state index contributed by atoms with van der Waals surface area (Å²) in [6.45, 7) is 2.58. The van der Waals surface area contributed by atoms with Crippen molar-refractivity contribution < 1.29 is 19.4 Å². The van der Waals surface area contributed by atoms with Crippen molar-refractivity contribution >= 4 is 23.6 Å². The third kappa shape index (κ3) is 3.77. The quantitative estimate of drug-likeness (QED) is 0.815. The maximum Gasteiger partial charge on any atom is 0.305 e. The van der Waals surface area contributed by atoms with Crippen LogP contribution in [0.5, 0.6) is 0 Å². The molecule has 0 bridgehead atoms. The predicted octanol–water partition coefficient (Wildman–Crippen LogP) is 2.08. The Morgan fingerprint density at radius 1 is 1.48 bits per heavy atom. The molecule has 0 aromatic heterocycles. The van der Waals surface area contributed by atoms with Gasteiger partial charge in [-0.2, -0.15) is 0 Å². The summed E-state index contributed by atoms with van der Waals surface area (Å²) in [5, 5.41) is 11.9. The molecule has 21 heavy (non-hydrogen) atoms. The van der Waals surface area contributed by atoms with E-state index < -0.39 is 11.5 Å². The standard InChI is InChI=1S/C15H19NO4S/c1-10-3-4-11(21-2)7-12(10)14(19)16-15(8-13(17)18)5-6-20-9-15/h3-4,7H,5-6,8-9H2,1-2H3,(H,16,19)(H,17,18). The summed E-state index contributed by atoms with van der Waals surface area (Å²) < 4.78 is 5.29. The summed E-state index contributed by atoms with van der Waals surface area (Å²) >= 11 is 1.56. The van der Waals surface area contributed by atoms with Crippen LogP contribution in [0, 0.1) is 6.92 Å². The van der Waals surface area contributed by atoms with E-state index in [0.29, 0.717) is 18.6 Å². The number of carboxylic acids is 1. The van der Waals surface area contributed by atoms with E-state index in [1.165, 1.54) is 0 Å². The number of aryl methyl sites for hydroxylation is 1. The molecule has 1 heterocycles. The Hall–Kier alpha value is -1.53. The summed E-state index contributed by atoms with van der Waals surface area (Å²) in [6.07, 6.45) is 2.34. The first-order valence-corrected chi connectivity index (χ1v) is 7.95. The van der Waals surface area contributed by atoms with Gasteiger partial charge in [0.25, 0.3) is 5.91 Å². The summed E-state index contributed by atoms with van der Waals surface area (Å²) in [7, 11) is 0. The fraction of sp³-hybridized carbons (Fsp3) is 0.467. The summed E-state index contributed by atoms with van der Waals surface area (Å²) in [5.74, 6) is -1.18. The van der Waals surface area contributed by atoms with Crippen molar-refractivity contribution in [2.24, 2.45) is 0 Å². The molecule has 0 saturated carbocycles. The first-order chi connectivity index (χ1) is 9.96. The molecule has 1 amide bonds. The second-order valence-corrected chi connectivity index (χ2v) is 6.17. The van der Waals surface area contributed by atoms with Crippen LogP contribution >= 0.6 is 11.8 Å². The molecular weight excluding hydrogens is 290 g/mol. The van der Waals surface area contributed by atoms with Crippen LogP contribution in [-0.2, 0) is 9.53 Å². The lowest BCUT2D eigenvalue weighted by molar-refractivity contribution is -0.138. The number of aliphatic carboxylic acids is 1. The van der Waals surface area contributed by atoms with Crippen molar-refractivity contribution in [2.75, 3.05) is 19.5 Å². The van der Waals surface area contributed by atoms with E-state index in [-0.39, 0.29) is 18.9 Å². The summed E-state index contributed by atoms with van der Waals surface area (Å²) in [6, 6.07) is 5.69. The van der Waals surface area contributed by atoms with Crippen molar-refractivity contribution in [3.05, 3.63) is 29.3 Å². The highest BCUT2D eigenvalue weighted by molar-refractivity contribution is 7.98. The largest absolute Gasteiger partial charge is 0.481 e. The number of ether oxygens (including phenoxy) is 1. The fourth-order valence-electron chi connectivity index (χ4n) is 2.46. The van der Waals surface area contributed by atoms with Gasteiger partial charge in [0, 0.05) is 17.1 Å². The highest BCUT2D eigenvalue weighted by Crippen LogP contribution is 2.25. The Bertz CT molecular complexity index is 553. The SMILES string of the molecule is CSc1ccc(C)c(C(=O)NC2(CC(=O)O)CCOC2)c1. The van der Waals surface area contributed by atoms with Crippen LogP contribution in [-0.4, -0.2) is 42.0 Å². The fourth-order valence-corrected chi connectivity index (χ4v) is 2.90. The van der Waals surface area contributed by atoms with E-state index in [1.807, 2.05) is 31.4 Å². The van der Waals surface area contributed by atoms with Crippen LogP contribution < -0.4 is 5.32 Å². The number of carboxylic acid groups (broad SMARTS) is 1. The number of hydrogen-bond donors (Lipinski definition) is 2. The van der Waals surface area contributed by atoms with E-state index >= 15 is 0 Å². The molecule has 1 aromatic carbocycles. The first kappa shape index (κ1) is 15.9. The van der Waals surface area contributed by atoms with Crippen LogP contribution in [0.15, 0.2) is 23.1 Å². The normalized spacial score (nSPS) is 21.2. The zero-order valence-corrected chi connectivity index (χ0v) is 13.0. The summed E-state index contributed by atoms with van der Waals surface area (Å²) in [5.41, 5.74) is 0.651. The molecule has 2 N–H and O–H groups in total. The minimum Gasteiger partial charge on any atom is -0.481 e. The Morgan fingerprint density at radius 3 is 2.81 bits per heavy atom. The van der Waals surface area contributed by atoms with E-state index in [2.05, 4.69) is 5.32 Å². The van der Waals surface area contributed by atoms with Gasteiger partial charge in [0.05, 0.1) is 18.6 Å². The molecule has 1 saturated heterocycles. The Kier molecular flexibility index (Phi) is 4.90. The molecular formula is C15H19NO4S. The molecule has 1 fully saturated rings. The summed E-state index contributed by atoms with van der Waals surface area (Å²) in [4.78, 5) is 24.5. The number of rotatable bonds is 5. The molecule has 0 radical (unpaired) electrons. The number of hydrogen-bond acceptors (Lipinski definition) is 4. The van der Waals surface area contributed by atoms with Gasteiger partial charge < -0.3 is 15.2 Å². The Balaban J connectivity index is 2.21. The second kappa shape index (κ2) is 6.49. The molecule has 1 aliphatic rings. The molecule has 114 valence electrons. The molecule has 1 aromatic rings. The molecule has 5 nitrogen and oxygen atoms in total. The zero-order valence-electron chi connectivity index (χ0n) is 12.1. The van der Waals surface area contributed by atoms with Crippen molar-refractivity contribution in [3.8, 4) is 0 Å². The minimum atomic E-state index is -0.935. The van der Waals surface area contributed by atoms with Crippen LogP contribution in [0.3, 0.4) is 0 Å². The number of carbonyl (C=O) groups excluding carboxylic acids is 1. The van der Waals surface area contributed by atoms with Crippen LogP contribution in [0.25, 0.3) is 0 Å². The van der Waals surface area contributed by atoms with Crippen molar-refractivity contribution in [3.63, 3.8) is 0 Å². The number of amides is 1. The van der Waals surface area contributed by atoms with Gasteiger partial charge in [0.15, 0.2) is 0 Å². The molecule has 0 aliphatic carbocycles. The van der Waals surface area contributed by atoms with Gasteiger partial charge in [-0.3, -0.25) is 9.59 Å². The monoisotopic (exact) mass is 309 g/mol. The van der Waals surface area contributed by atoms with Gasteiger partial charge >= 0.3 is 5.97 Å². The number of carbonyl (C=O) groups is 2. The highest BCUT2D eigenvalue weighted by Gasteiger charge is 2.39. The van der Waals surface area contributed by atoms with E-state index in [0.717, 1.165) is 10.5 Å². The third-order valence-electron chi connectivity index (χ3n) is 3.66. The second-order valence-electron chi connectivity index (χ2n) is 5.29. The zero-order chi connectivity index (χ0) is 15.5. The molecule has 1 unspecified atom stereocenters. The van der Waals surface area contributed by atoms with Crippen molar-refractivity contribution in [2.45, 2.75) is 30.2 Å². The van der Waals surface area contributed by atoms with Crippen LogP contribution in [0.4, 0.5) is 0 Å². The van der Waals surface area contributed by atoms with E-state index in [1.54, 1.807) is 11.8 Å². The minimum absolute atomic E-state index is 0.125. The lowest BCUT2D eigenvalue weighted by atomic mass is 9.93. The Morgan fingerprint density at radius 2 is 2.24 bits per heavy atom. The average Bonchev–Trinajstić information content (AvgIpc) is 2.86. The van der Waals surface area contributed by atoms with Crippen LogP contribution in [0.2, 0.25) is 0 Å². The van der Waals surface area contributed by atoms with E-state index in [4.69, 9.17) is 9.84 Å². The molecule has 1 aliphatic heterocycles. The van der Waals surface area contributed by atoms with Gasteiger partial charge in [-0.05, 0) is 37.3 Å². The smallest absolute Gasteiger partial charge is 0.305 e.